The average Bonchev–Trinajstić information content (AvgIpc) is 2.76. The molecule has 3 aromatic carbocycles. The standard InChI is InChI=1S/C24H21BrClIN2O3/c1-2-31-22-12-18(14-28-29-23(30)13-16-3-7-19(25)8-4-16)11-21(26)24(22)32-15-17-5-9-20(27)10-6-17/h3-12,14H,2,13,15H2,1H3,(H,29,30)/b28-14+. The molecule has 0 radical (unpaired) electrons. The van der Waals surface area contributed by atoms with E-state index in [1.165, 1.54) is 6.21 Å². The van der Waals surface area contributed by atoms with Crippen LogP contribution in [0.2, 0.25) is 5.02 Å². The van der Waals surface area contributed by atoms with Crippen molar-refractivity contribution in [3.8, 4) is 11.5 Å². The molecule has 0 unspecified atom stereocenters. The fourth-order valence-corrected chi connectivity index (χ4v) is 3.71. The Hall–Kier alpha value is -2.10. The molecule has 0 saturated heterocycles. The number of ether oxygens (including phenoxy) is 2. The number of rotatable bonds is 9. The van der Waals surface area contributed by atoms with Crippen molar-refractivity contribution in [1.29, 1.82) is 0 Å². The molecule has 3 rings (SSSR count). The smallest absolute Gasteiger partial charge is 0.244 e. The molecule has 32 heavy (non-hydrogen) atoms. The topological polar surface area (TPSA) is 59.9 Å². The average molecular weight is 628 g/mol. The number of halogens is 3. The molecular weight excluding hydrogens is 607 g/mol. The summed E-state index contributed by atoms with van der Waals surface area (Å²) in [4.78, 5) is 12.1. The van der Waals surface area contributed by atoms with Crippen LogP contribution in [0.25, 0.3) is 0 Å². The third kappa shape index (κ3) is 7.50. The van der Waals surface area contributed by atoms with Crippen LogP contribution in [-0.2, 0) is 17.8 Å². The number of nitrogens with zero attached hydrogens (tertiary/aromatic N) is 1. The van der Waals surface area contributed by atoms with Crippen molar-refractivity contribution < 1.29 is 14.3 Å². The number of carbonyl (C=O) groups excluding carboxylic acids is 1. The maximum atomic E-state index is 12.1. The number of carbonyl (C=O) groups is 1. The van der Waals surface area contributed by atoms with Gasteiger partial charge in [0.25, 0.3) is 0 Å². The number of hydrogen-bond acceptors (Lipinski definition) is 4. The fraction of sp³-hybridized carbons (Fsp3) is 0.167. The van der Waals surface area contributed by atoms with E-state index in [9.17, 15) is 4.79 Å². The summed E-state index contributed by atoms with van der Waals surface area (Å²) in [6, 6.07) is 19.1. The number of hydrazone groups is 1. The second-order valence-corrected chi connectivity index (χ2v) is 9.34. The number of hydrogen-bond donors (Lipinski definition) is 1. The Kier molecular flexibility index (Phi) is 9.37. The quantitative estimate of drug-likeness (QED) is 0.170. The van der Waals surface area contributed by atoms with Crippen molar-refractivity contribution in [2.24, 2.45) is 5.10 Å². The summed E-state index contributed by atoms with van der Waals surface area (Å²) in [5.41, 5.74) is 5.15. The van der Waals surface area contributed by atoms with Crippen molar-refractivity contribution in [3.63, 3.8) is 0 Å². The van der Waals surface area contributed by atoms with Crippen LogP contribution in [0.4, 0.5) is 0 Å². The molecule has 8 heteroatoms. The lowest BCUT2D eigenvalue weighted by molar-refractivity contribution is -0.120. The van der Waals surface area contributed by atoms with Crippen molar-refractivity contribution >= 4 is 62.2 Å². The summed E-state index contributed by atoms with van der Waals surface area (Å²) >= 11 is 12.1. The number of amides is 1. The van der Waals surface area contributed by atoms with E-state index in [4.69, 9.17) is 21.1 Å². The van der Waals surface area contributed by atoms with Gasteiger partial charge in [-0.15, -0.1) is 0 Å². The Balaban J connectivity index is 1.65. The van der Waals surface area contributed by atoms with Crippen LogP contribution >= 0.6 is 50.1 Å². The molecule has 3 aromatic rings. The van der Waals surface area contributed by atoms with Gasteiger partial charge in [-0.2, -0.15) is 5.10 Å². The highest BCUT2D eigenvalue weighted by atomic mass is 127. The molecule has 0 bridgehead atoms. The minimum atomic E-state index is -0.211. The first-order valence-corrected chi connectivity index (χ1v) is 12.1. The summed E-state index contributed by atoms with van der Waals surface area (Å²) in [6.07, 6.45) is 1.76. The predicted octanol–water partition coefficient (Wildman–Crippen LogP) is 6.38. The van der Waals surface area contributed by atoms with Gasteiger partial charge >= 0.3 is 0 Å². The Labute approximate surface area is 214 Å². The molecule has 1 amide bonds. The lowest BCUT2D eigenvalue weighted by Crippen LogP contribution is -2.19. The molecule has 0 spiro atoms. The van der Waals surface area contributed by atoms with E-state index in [0.717, 1.165) is 19.2 Å². The third-order valence-electron chi connectivity index (χ3n) is 4.31. The minimum absolute atomic E-state index is 0.211. The fourth-order valence-electron chi connectivity index (χ4n) is 2.81. The van der Waals surface area contributed by atoms with E-state index in [1.807, 2.05) is 55.5 Å². The van der Waals surface area contributed by atoms with Gasteiger partial charge in [-0.05, 0) is 82.6 Å². The van der Waals surface area contributed by atoms with Gasteiger partial charge in [0.05, 0.1) is 24.3 Å². The summed E-state index contributed by atoms with van der Waals surface area (Å²) in [5, 5.41) is 4.45. The predicted molar refractivity (Wildman–Crippen MR) is 140 cm³/mol. The van der Waals surface area contributed by atoms with Crippen LogP contribution < -0.4 is 14.9 Å². The normalized spacial score (nSPS) is 10.9. The van der Waals surface area contributed by atoms with Gasteiger partial charge in [0, 0.05) is 8.04 Å². The van der Waals surface area contributed by atoms with Crippen molar-refractivity contribution in [2.75, 3.05) is 6.61 Å². The Morgan fingerprint density at radius 2 is 1.78 bits per heavy atom. The first-order chi connectivity index (χ1) is 15.4. The van der Waals surface area contributed by atoms with Crippen molar-refractivity contribution in [3.05, 3.63) is 90.4 Å². The zero-order valence-electron chi connectivity index (χ0n) is 17.3. The van der Waals surface area contributed by atoms with E-state index in [-0.39, 0.29) is 12.3 Å². The SMILES string of the molecule is CCOc1cc(/C=N/NC(=O)Cc2ccc(Br)cc2)cc(Cl)c1OCc1ccc(I)cc1. The molecule has 0 aliphatic carbocycles. The monoisotopic (exact) mass is 626 g/mol. The third-order valence-corrected chi connectivity index (χ3v) is 5.84. The maximum Gasteiger partial charge on any atom is 0.244 e. The van der Waals surface area contributed by atoms with E-state index >= 15 is 0 Å². The summed E-state index contributed by atoms with van der Waals surface area (Å²) < 4.78 is 13.8. The summed E-state index contributed by atoms with van der Waals surface area (Å²) in [7, 11) is 0. The highest BCUT2D eigenvalue weighted by Gasteiger charge is 2.13. The van der Waals surface area contributed by atoms with Gasteiger partial charge in [-0.1, -0.05) is 51.8 Å². The van der Waals surface area contributed by atoms with E-state index < -0.39 is 0 Å². The molecule has 0 saturated carbocycles. The van der Waals surface area contributed by atoms with Gasteiger partial charge in [0.1, 0.15) is 6.61 Å². The van der Waals surface area contributed by atoms with Crippen molar-refractivity contribution in [1.82, 2.24) is 5.43 Å². The van der Waals surface area contributed by atoms with Crippen LogP contribution in [0, 0.1) is 3.57 Å². The number of nitrogens with one attached hydrogen (secondary N) is 1. The van der Waals surface area contributed by atoms with Gasteiger partial charge in [0.15, 0.2) is 11.5 Å². The zero-order chi connectivity index (χ0) is 22.9. The lowest BCUT2D eigenvalue weighted by atomic mass is 10.1. The minimum Gasteiger partial charge on any atom is -0.490 e. The molecule has 0 atom stereocenters. The zero-order valence-corrected chi connectivity index (χ0v) is 21.8. The van der Waals surface area contributed by atoms with Gasteiger partial charge in [-0.3, -0.25) is 4.79 Å². The second-order valence-electron chi connectivity index (χ2n) is 6.77. The maximum absolute atomic E-state index is 12.1. The van der Waals surface area contributed by atoms with Crippen LogP contribution in [0.1, 0.15) is 23.6 Å². The van der Waals surface area contributed by atoms with Crippen LogP contribution in [-0.4, -0.2) is 18.7 Å². The molecule has 0 aliphatic heterocycles. The van der Waals surface area contributed by atoms with Gasteiger partial charge in [0.2, 0.25) is 5.91 Å². The largest absolute Gasteiger partial charge is 0.490 e. The summed E-state index contributed by atoms with van der Waals surface area (Å²) in [5.74, 6) is 0.786. The first-order valence-electron chi connectivity index (χ1n) is 9.84. The highest BCUT2D eigenvalue weighted by molar-refractivity contribution is 14.1. The molecule has 1 N–H and O–H groups in total. The molecule has 0 aliphatic rings. The highest BCUT2D eigenvalue weighted by Crippen LogP contribution is 2.37. The Bertz CT molecular complexity index is 1090. The molecule has 0 fully saturated rings. The lowest BCUT2D eigenvalue weighted by Gasteiger charge is -2.14. The van der Waals surface area contributed by atoms with Gasteiger partial charge in [-0.25, -0.2) is 5.43 Å². The van der Waals surface area contributed by atoms with E-state index in [0.29, 0.717) is 35.3 Å². The van der Waals surface area contributed by atoms with E-state index in [1.54, 1.807) is 12.1 Å². The molecule has 0 aromatic heterocycles. The number of benzene rings is 3. The Morgan fingerprint density at radius 1 is 1.09 bits per heavy atom. The van der Waals surface area contributed by atoms with Crippen LogP contribution in [0.3, 0.4) is 0 Å². The molecule has 0 heterocycles. The molecular formula is C24H21BrClIN2O3. The van der Waals surface area contributed by atoms with E-state index in [2.05, 4.69) is 49.0 Å². The molecule has 166 valence electrons. The second kappa shape index (κ2) is 12.2. The van der Waals surface area contributed by atoms with Crippen molar-refractivity contribution in [2.45, 2.75) is 20.0 Å². The summed E-state index contributed by atoms with van der Waals surface area (Å²) in [6.45, 7) is 2.72. The van der Waals surface area contributed by atoms with Crippen LogP contribution in [0.5, 0.6) is 11.5 Å². The van der Waals surface area contributed by atoms with Gasteiger partial charge < -0.3 is 9.47 Å². The van der Waals surface area contributed by atoms with Crippen LogP contribution in [0.15, 0.2) is 70.2 Å². The Morgan fingerprint density at radius 3 is 2.47 bits per heavy atom. The molecule has 5 nitrogen and oxygen atoms in total. The first kappa shape index (κ1) is 24.5.